The van der Waals surface area contributed by atoms with Crippen molar-refractivity contribution >= 4 is 16.8 Å². The first-order chi connectivity index (χ1) is 8.19. The molecule has 1 heterocycles. The molecule has 0 saturated heterocycles. The summed E-state index contributed by atoms with van der Waals surface area (Å²) in [5.74, 6) is 1.34. The van der Waals surface area contributed by atoms with Crippen molar-refractivity contribution in [2.24, 2.45) is 10.9 Å². The molecule has 0 radical (unpaired) electrons. The zero-order valence-electron chi connectivity index (χ0n) is 9.43. The van der Waals surface area contributed by atoms with Crippen LogP contribution in [0.3, 0.4) is 0 Å². The Balaban J connectivity index is 2.66. The second-order valence-electron chi connectivity index (χ2n) is 3.34. The van der Waals surface area contributed by atoms with Crippen LogP contribution < -0.4 is 15.2 Å². The molecular weight excluding hydrogens is 224 g/mol. The van der Waals surface area contributed by atoms with Crippen LogP contribution in [0.1, 0.15) is 5.76 Å². The van der Waals surface area contributed by atoms with Crippen LogP contribution in [-0.2, 0) is 0 Å². The zero-order chi connectivity index (χ0) is 12.4. The van der Waals surface area contributed by atoms with Crippen molar-refractivity contribution in [1.82, 2.24) is 0 Å². The first kappa shape index (κ1) is 11.1. The Labute approximate surface area is 97.2 Å². The fourth-order valence-corrected chi connectivity index (χ4v) is 1.54. The second-order valence-corrected chi connectivity index (χ2v) is 3.34. The summed E-state index contributed by atoms with van der Waals surface area (Å²) in [6, 6.07) is 5.12. The molecule has 0 saturated carbocycles. The highest BCUT2D eigenvalue weighted by atomic mass is 16.5. The summed E-state index contributed by atoms with van der Waals surface area (Å²) in [5, 5.41) is 12.2. The van der Waals surface area contributed by atoms with Gasteiger partial charge in [0.2, 0.25) is 5.84 Å². The number of rotatable bonds is 3. The Morgan fingerprint density at radius 3 is 2.65 bits per heavy atom. The van der Waals surface area contributed by atoms with E-state index < -0.39 is 0 Å². The first-order valence-electron chi connectivity index (χ1n) is 4.83. The Kier molecular flexibility index (Phi) is 2.78. The van der Waals surface area contributed by atoms with Gasteiger partial charge in [0.05, 0.1) is 14.2 Å². The maximum atomic E-state index is 8.59. The predicted octanol–water partition coefficient (Wildman–Crippen LogP) is 1.54. The van der Waals surface area contributed by atoms with Crippen LogP contribution in [0.5, 0.6) is 11.5 Å². The van der Waals surface area contributed by atoms with E-state index in [1.807, 2.05) is 0 Å². The molecule has 0 spiro atoms. The molecule has 2 aromatic rings. The summed E-state index contributed by atoms with van der Waals surface area (Å²) < 4.78 is 15.8. The van der Waals surface area contributed by atoms with E-state index in [1.165, 1.54) is 7.11 Å². The minimum absolute atomic E-state index is 0.0952. The van der Waals surface area contributed by atoms with Gasteiger partial charge in [-0.15, -0.1) is 0 Å². The molecule has 0 aliphatic carbocycles. The average Bonchev–Trinajstić information content (AvgIpc) is 2.80. The molecule has 2 rings (SSSR count). The van der Waals surface area contributed by atoms with Crippen molar-refractivity contribution in [2.75, 3.05) is 14.2 Å². The third-order valence-electron chi connectivity index (χ3n) is 2.37. The van der Waals surface area contributed by atoms with Crippen LogP contribution in [-0.4, -0.2) is 25.3 Å². The van der Waals surface area contributed by atoms with E-state index in [9.17, 15) is 0 Å². The highest BCUT2D eigenvalue weighted by molar-refractivity contribution is 5.99. The Morgan fingerprint density at radius 2 is 2.06 bits per heavy atom. The molecule has 0 amide bonds. The van der Waals surface area contributed by atoms with Crippen LogP contribution in [0, 0.1) is 0 Å². The summed E-state index contributed by atoms with van der Waals surface area (Å²) in [7, 11) is 3.09. The number of methoxy groups -OCH3 is 2. The Bertz CT molecular complexity index is 574. The molecule has 0 aliphatic rings. The molecule has 6 nitrogen and oxygen atoms in total. The lowest BCUT2D eigenvalue weighted by Gasteiger charge is -2.03. The second kappa shape index (κ2) is 4.25. The van der Waals surface area contributed by atoms with Gasteiger partial charge in [0.25, 0.3) is 0 Å². The number of nitrogens with two attached hydrogens (primary N) is 1. The van der Waals surface area contributed by atoms with Gasteiger partial charge in [-0.05, 0) is 12.1 Å². The van der Waals surface area contributed by atoms with Crippen molar-refractivity contribution in [3.63, 3.8) is 0 Å². The minimum Gasteiger partial charge on any atom is -0.497 e. The smallest absolute Gasteiger partial charge is 0.205 e. The molecule has 3 N–H and O–H groups in total. The quantitative estimate of drug-likeness (QED) is 0.365. The average molecular weight is 236 g/mol. The SMILES string of the molecule is COc1cc(OC)c2oc(/C(N)=N\O)cc2c1. The van der Waals surface area contributed by atoms with Gasteiger partial charge in [-0.2, -0.15) is 0 Å². The maximum Gasteiger partial charge on any atom is 0.205 e. The van der Waals surface area contributed by atoms with E-state index in [2.05, 4.69) is 5.16 Å². The highest BCUT2D eigenvalue weighted by Gasteiger charge is 2.13. The van der Waals surface area contributed by atoms with Crippen LogP contribution in [0.4, 0.5) is 0 Å². The molecule has 90 valence electrons. The van der Waals surface area contributed by atoms with Gasteiger partial charge in [-0.1, -0.05) is 5.16 Å². The first-order valence-corrected chi connectivity index (χ1v) is 4.83. The third-order valence-corrected chi connectivity index (χ3v) is 2.37. The molecule has 1 aromatic heterocycles. The molecule has 0 aliphatic heterocycles. The van der Waals surface area contributed by atoms with Gasteiger partial charge in [0, 0.05) is 11.5 Å². The largest absolute Gasteiger partial charge is 0.497 e. The molecule has 6 heteroatoms. The number of benzene rings is 1. The monoisotopic (exact) mass is 236 g/mol. The summed E-state index contributed by atoms with van der Waals surface area (Å²) in [6.07, 6.45) is 0. The molecule has 1 aromatic carbocycles. The molecule has 0 atom stereocenters. The third kappa shape index (κ3) is 1.84. The van der Waals surface area contributed by atoms with E-state index in [1.54, 1.807) is 25.3 Å². The summed E-state index contributed by atoms with van der Waals surface area (Å²) in [5.41, 5.74) is 5.98. The number of hydrogen-bond donors (Lipinski definition) is 2. The highest BCUT2D eigenvalue weighted by Crippen LogP contribution is 2.33. The number of furan rings is 1. The number of hydrogen-bond acceptors (Lipinski definition) is 5. The standard InChI is InChI=1S/C11H12N2O4/c1-15-7-3-6-4-9(11(12)13-14)17-10(6)8(5-7)16-2/h3-5,14H,1-2H3,(H2,12,13). The number of amidine groups is 1. The van der Waals surface area contributed by atoms with Crippen molar-refractivity contribution in [3.05, 3.63) is 24.0 Å². The van der Waals surface area contributed by atoms with Crippen molar-refractivity contribution < 1.29 is 19.1 Å². The van der Waals surface area contributed by atoms with Crippen molar-refractivity contribution in [3.8, 4) is 11.5 Å². The van der Waals surface area contributed by atoms with E-state index in [0.29, 0.717) is 17.1 Å². The van der Waals surface area contributed by atoms with Gasteiger partial charge < -0.3 is 24.8 Å². The fraction of sp³-hybridized carbons (Fsp3) is 0.182. The number of oxime groups is 1. The topological polar surface area (TPSA) is 90.2 Å². The summed E-state index contributed by atoms with van der Waals surface area (Å²) >= 11 is 0. The summed E-state index contributed by atoms with van der Waals surface area (Å²) in [4.78, 5) is 0. The van der Waals surface area contributed by atoms with E-state index in [0.717, 1.165) is 5.39 Å². The van der Waals surface area contributed by atoms with Gasteiger partial charge in [-0.3, -0.25) is 0 Å². The lowest BCUT2D eigenvalue weighted by atomic mass is 10.2. The van der Waals surface area contributed by atoms with Gasteiger partial charge in [0.15, 0.2) is 17.1 Å². The van der Waals surface area contributed by atoms with Crippen LogP contribution in [0.25, 0.3) is 11.0 Å². The van der Waals surface area contributed by atoms with Gasteiger partial charge >= 0.3 is 0 Å². The lowest BCUT2D eigenvalue weighted by Crippen LogP contribution is -2.11. The number of fused-ring (bicyclic) bond motifs is 1. The number of ether oxygens (including phenoxy) is 2. The molecule has 0 bridgehead atoms. The predicted molar refractivity (Wildman–Crippen MR) is 61.8 cm³/mol. The summed E-state index contributed by atoms with van der Waals surface area (Å²) in [6.45, 7) is 0. The van der Waals surface area contributed by atoms with Crippen LogP contribution in [0.2, 0.25) is 0 Å². The van der Waals surface area contributed by atoms with Gasteiger partial charge in [0.1, 0.15) is 5.75 Å². The Hall–Kier alpha value is -2.37. The van der Waals surface area contributed by atoms with Crippen molar-refractivity contribution in [2.45, 2.75) is 0 Å². The van der Waals surface area contributed by atoms with E-state index in [4.69, 9.17) is 24.8 Å². The molecule has 0 fully saturated rings. The van der Waals surface area contributed by atoms with Crippen LogP contribution in [0.15, 0.2) is 27.8 Å². The molecular formula is C11H12N2O4. The minimum atomic E-state index is -0.0952. The maximum absolute atomic E-state index is 8.59. The Morgan fingerprint density at radius 1 is 1.29 bits per heavy atom. The van der Waals surface area contributed by atoms with Crippen molar-refractivity contribution in [1.29, 1.82) is 0 Å². The fourth-order valence-electron chi connectivity index (χ4n) is 1.54. The van der Waals surface area contributed by atoms with Gasteiger partial charge in [-0.25, -0.2) is 0 Å². The van der Waals surface area contributed by atoms with E-state index in [-0.39, 0.29) is 11.6 Å². The number of nitrogens with zero attached hydrogens (tertiary/aromatic N) is 1. The zero-order valence-corrected chi connectivity index (χ0v) is 9.43. The van der Waals surface area contributed by atoms with Crippen LogP contribution >= 0.6 is 0 Å². The molecule has 0 unspecified atom stereocenters. The van der Waals surface area contributed by atoms with E-state index >= 15 is 0 Å². The molecule has 17 heavy (non-hydrogen) atoms. The normalized spacial score (nSPS) is 11.8. The lowest BCUT2D eigenvalue weighted by molar-refractivity contribution is 0.317.